The summed E-state index contributed by atoms with van der Waals surface area (Å²) >= 11 is 9.34. The SMILES string of the molecule is CCCCc1ccc(C(=O)c2cc(Cl)cc(Br)c2)cc1. The second-order valence-corrected chi connectivity index (χ2v) is 6.14. The molecule has 0 aromatic heterocycles. The highest BCUT2D eigenvalue weighted by Crippen LogP contribution is 2.22. The van der Waals surface area contributed by atoms with Crippen LogP contribution >= 0.6 is 27.5 Å². The third kappa shape index (κ3) is 3.94. The van der Waals surface area contributed by atoms with Gasteiger partial charge in [0.25, 0.3) is 0 Å². The van der Waals surface area contributed by atoms with Gasteiger partial charge in [-0.05, 0) is 36.6 Å². The number of halogens is 2. The van der Waals surface area contributed by atoms with Crippen molar-refractivity contribution in [3.63, 3.8) is 0 Å². The molecule has 0 aliphatic rings. The zero-order chi connectivity index (χ0) is 14.5. The van der Waals surface area contributed by atoms with Gasteiger partial charge in [0.1, 0.15) is 0 Å². The number of benzene rings is 2. The summed E-state index contributed by atoms with van der Waals surface area (Å²) in [6.45, 7) is 2.18. The Morgan fingerprint density at radius 1 is 1.10 bits per heavy atom. The van der Waals surface area contributed by atoms with Crippen LogP contribution in [0.25, 0.3) is 0 Å². The second-order valence-electron chi connectivity index (χ2n) is 4.79. The van der Waals surface area contributed by atoms with Gasteiger partial charge in [0, 0.05) is 20.6 Å². The Morgan fingerprint density at radius 3 is 2.40 bits per heavy atom. The lowest BCUT2D eigenvalue weighted by molar-refractivity contribution is 0.103. The van der Waals surface area contributed by atoms with E-state index in [1.807, 2.05) is 24.3 Å². The first-order valence-corrected chi connectivity index (χ1v) is 7.87. The number of rotatable bonds is 5. The van der Waals surface area contributed by atoms with Gasteiger partial charge in [0.2, 0.25) is 0 Å². The van der Waals surface area contributed by atoms with Crippen LogP contribution in [0, 0.1) is 0 Å². The lowest BCUT2D eigenvalue weighted by Crippen LogP contribution is -2.01. The number of carbonyl (C=O) groups excluding carboxylic acids is 1. The van der Waals surface area contributed by atoms with E-state index in [9.17, 15) is 4.79 Å². The van der Waals surface area contributed by atoms with E-state index in [-0.39, 0.29) is 5.78 Å². The van der Waals surface area contributed by atoms with Crippen LogP contribution in [0.5, 0.6) is 0 Å². The summed E-state index contributed by atoms with van der Waals surface area (Å²) < 4.78 is 0.813. The normalized spacial score (nSPS) is 10.6. The van der Waals surface area contributed by atoms with Crippen LogP contribution < -0.4 is 0 Å². The number of hydrogen-bond donors (Lipinski definition) is 0. The van der Waals surface area contributed by atoms with Gasteiger partial charge in [-0.3, -0.25) is 4.79 Å². The highest BCUT2D eigenvalue weighted by atomic mass is 79.9. The van der Waals surface area contributed by atoms with Crippen LogP contribution in [-0.2, 0) is 6.42 Å². The zero-order valence-corrected chi connectivity index (χ0v) is 13.7. The molecule has 0 saturated carbocycles. The number of hydrogen-bond acceptors (Lipinski definition) is 1. The quantitative estimate of drug-likeness (QED) is 0.634. The summed E-state index contributed by atoms with van der Waals surface area (Å²) in [7, 11) is 0. The van der Waals surface area contributed by atoms with Crippen molar-refractivity contribution in [2.24, 2.45) is 0 Å². The van der Waals surface area contributed by atoms with E-state index in [1.54, 1.807) is 18.2 Å². The van der Waals surface area contributed by atoms with Crippen molar-refractivity contribution in [2.75, 3.05) is 0 Å². The lowest BCUT2D eigenvalue weighted by atomic mass is 10.0. The molecule has 0 unspecified atom stereocenters. The fourth-order valence-corrected chi connectivity index (χ4v) is 2.92. The van der Waals surface area contributed by atoms with Crippen molar-refractivity contribution in [1.29, 1.82) is 0 Å². The monoisotopic (exact) mass is 350 g/mol. The van der Waals surface area contributed by atoms with Crippen LogP contribution in [0.3, 0.4) is 0 Å². The molecule has 0 radical (unpaired) electrons. The molecule has 2 aromatic rings. The van der Waals surface area contributed by atoms with E-state index in [4.69, 9.17) is 11.6 Å². The minimum Gasteiger partial charge on any atom is -0.289 e. The maximum Gasteiger partial charge on any atom is 0.193 e. The number of carbonyl (C=O) groups is 1. The highest BCUT2D eigenvalue weighted by Gasteiger charge is 2.10. The second kappa shape index (κ2) is 7.05. The summed E-state index contributed by atoms with van der Waals surface area (Å²) in [5.74, 6) is -0.00441. The molecule has 3 heteroatoms. The summed E-state index contributed by atoms with van der Waals surface area (Å²) in [4.78, 5) is 12.4. The van der Waals surface area contributed by atoms with Crippen LogP contribution in [0.4, 0.5) is 0 Å². The van der Waals surface area contributed by atoms with E-state index < -0.39 is 0 Å². The first-order valence-electron chi connectivity index (χ1n) is 6.70. The van der Waals surface area contributed by atoms with Crippen LogP contribution in [0.1, 0.15) is 41.3 Å². The van der Waals surface area contributed by atoms with Gasteiger partial charge < -0.3 is 0 Å². The molecular weight excluding hydrogens is 336 g/mol. The molecule has 0 aliphatic carbocycles. The molecule has 2 rings (SSSR count). The van der Waals surface area contributed by atoms with Crippen LogP contribution in [-0.4, -0.2) is 5.78 Å². The molecule has 20 heavy (non-hydrogen) atoms. The molecule has 0 N–H and O–H groups in total. The van der Waals surface area contributed by atoms with Gasteiger partial charge in [-0.25, -0.2) is 0 Å². The van der Waals surface area contributed by atoms with Crippen molar-refractivity contribution in [3.05, 3.63) is 68.7 Å². The maximum atomic E-state index is 12.4. The van der Waals surface area contributed by atoms with Gasteiger partial charge in [-0.2, -0.15) is 0 Å². The summed E-state index contributed by atoms with van der Waals surface area (Å²) in [6, 6.07) is 13.1. The molecule has 0 aliphatic heterocycles. The first-order chi connectivity index (χ1) is 9.60. The van der Waals surface area contributed by atoms with Gasteiger partial charge in [0.05, 0.1) is 0 Å². The smallest absolute Gasteiger partial charge is 0.193 e. The third-order valence-corrected chi connectivity index (χ3v) is 3.84. The highest BCUT2D eigenvalue weighted by molar-refractivity contribution is 9.10. The molecule has 2 aromatic carbocycles. The Bertz CT molecular complexity index is 585. The van der Waals surface area contributed by atoms with Crippen molar-refractivity contribution < 1.29 is 4.79 Å². The number of unbranched alkanes of at least 4 members (excludes halogenated alkanes) is 1. The molecule has 104 valence electrons. The molecule has 0 fully saturated rings. The fourth-order valence-electron chi connectivity index (χ4n) is 2.06. The predicted octanol–water partition coefficient (Wildman–Crippen LogP) is 5.68. The third-order valence-electron chi connectivity index (χ3n) is 3.16. The molecular formula is C17H16BrClO. The standard InChI is InChI=1S/C17H16BrClO/c1-2-3-4-12-5-7-13(8-6-12)17(20)14-9-15(18)11-16(19)10-14/h5-11H,2-4H2,1H3. The van der Waals surface area contributed by atoms with Gasteiger partial charge >= 0.3 is 0 Å². The van der Waals surface area contributed by atoms with E-state index in [1.165, 1.54) is 18.4 Å². The average Bonchev–Trinajstić information content (AvgIpc) is 2.44. The number of aryl methyl sites for hydroxylation is 1. The minimum absolute atomic E-state index is 0.00441. The topological polar surface area (TPSA) is 17.1 Å². The van der Waals surface area contributed by atoms with Crippen molar-refractivity contribution >= 4 is 33.3 Å². The molecule has 0 bridgehead atoms. The molecule has 0 atom stereocenters. The molecule has 0 saturated heterocycles. The van der Waals surface area contributed by atoms with Crippen molar-refractivity contribution in [1.82, 2.24) is 0 Å². The van der Waals surface area contributed by atoms with Crippen molar-refractivity contribution in [3.8, 4) is 0 Å². The molecule has 0 amide bonds. The average molecular weight is 352 g/mol. The first kappa shape index (κ1) is 15.3. The molecule has 0 heterocycles. The van der Waals surface area contributed by atoms with E-state index in [2.05, 4.69) is 22.9 Å². The predicted molar refractivity (Wildman–Crippen MR) is 87.6 cm³/mol. The van der Waals surface area contributed by atoms with Crippen LogP contribution in [0.15, 0.2) is 46.9 Å². The van der Waals surface area contributed by atoms with E-state index >= 15 is 0 Å². The van der Waals surface area contributed by atoms with Gasteiger partial charge in [-0.1, -0.05) is 65.1 Å². The largest absolute Gasteiger partial charge is 0.289 e. The Kier molecular flexibility index (Phi) is 5.38. The van der Waals surface area contributed by atoms with Gasteiger partial charge in [-0.15, -0.1) is 0 Å². The zero-order valence-electron chi connectivity index (χ0n) is 11.3. The Morgan fingerprint density at radius 2 is 1.80 bits per heavy atom. The summed E-state index contributed by atoms with van der Waals surface area (Å²) in [6.07, 6.45) is 3.42. The lowest BCUT2D eigenvalue weighted by Gasteiger charge is -2.05. The summed E-state index contributed by atoms with van der Waals surface area (Å²) in [5, 5.41) is 0.558. The minimum atomic E-state index is -0.00441. The fraction of sp³-hybridized carbons (Fsp3) is 0.235. The summed E-state index contributed by atoms with van der Waals surface area (Å²) in [5.41, 5.74) is 2.57. The van der Waals surface area contributed by atoms with E-state index in [0.29, 0.717) is 16.1 Å². The maximum absolute atomic E-state index is 12.4. The van der Waals surface area contributed by atoms with E-state index in [0.717, 1.165) is 10.9 Å². The molecule has 0 spiro atoms. The Labute approximate surface area is 133 Å². The van der Waals surface area contributed by atoms with Crippen molar-refractivity contribution in [2.45, 2.75) is 26.2 Å². The van der Waals surface area contributed by atoms with Gasteiger partial charge in [0.15, 0.2) is 5.78 Å². The Balaban J connectivity index is 2.20. The molecule has 1 nitrogen and oxygen atoms in total. The number of ketones is 1. The van der Waals surface area contributed by atoms with Crippen LogP contribution in [0.2, 0.25) is 5.02 Å². The Hall–Kier alpha value is -1.12.